The lowest BCUT2D eigenvalue weighted by molar-refractivity contribution is 0.00512. The largest absolute Gasteiger partial charge is 0.390 e. The molecular formula is C19H31N3O2. The molecule has 0 aromatic heterocycles. The van der Waals surface area contributed by atoms with E-state index in [4.69, 9.17) is 4.74 Å². The Hall–Kier alpha value is -1.14. The number of aliphatic hydroxyl groups is 1. The van der Waals surface area contributed by atoms with Crippen molar-refractivity contribution in [3.8, 4) is 0 Å². The van der Waals surface area contributed by atoms with Crippen LogP contribution in [0.2, 0.25) is 0 Å². The normalized spacial score (nSPS) is 22.4. The number of anilines is 1. The van der Waals surface area contributed by atoms with Gasteiger partial charge >= 0.3 is 0 Å². The van der Waals surface area contributed by atoms with Gasteiger partial charge in [-0.3, -0.25) is 4.90 Å². The molecule has 5 nitrogen and oxygen atoms in total. The lowest BCUT2D eigenvalue weighted by atomic mass is 10.0. The molecule has 2 saturated heterocycles. The van der Waals surface area contributed by atoms with Gasteiger partial charge in [0.05, 0.1) is 19.3 Å². The molecule has 1 aromatic rings. The number of hydrogen-bond donors (Lipinski definition) is 1. The zero-order chi connectivity index (χ0) is 16.8. The fourth-order valence-electron chi connectivity index (χ4n) is 3.80. The molecule has 0 saturated carbocycles. The molecule has 5 heteroatoms. The van der Waals surface area contributed by atoms with Crippen molar-refractivity contribution in [2.45, 2.75) is 25.0 Å². The van der Waals surface area contributed by atoms with Crippen LogP contribution < -0.4 is 4.90 Å². The SMILES string of the molecule is CN(c1ccccc1)C1CCN(CC(O)CN2CCOCC2)CC1. The number of benzene rings is 1. The predicted octanol–water partition coefficient (Wildman–Crippen LogP) is 1.28. The van der Waals surface area contributed by atoms with Gasteiger partial charge in [-0.1, -0.05) is 18.2 Å². The molecule has 1 aromatic carbocycles. The third kappa shape index (κ3) is 4.93. The lowest BCUT2D eigenvalue weighted by Crippen LogP contribution is -2.48. The molecular weight excluding hydrogens is 302 g/mol. The molecule has 134 valence electrons. The van der Waals surface area contributed by atoms with Crippen LogP contribution in [0.1, 0.15) is 12.8 Å². The monoisotopic (exact) mass is 333 g/mol. The van der Waals surface area contributed by atoms with Crippen molar-refractivity contribution in [1.82, 2.24) is 9.80 Å². The summed E-state index contributed by atoms with van der Waals surface area (Å²) in [6, 6.07) is 11.2. The number of β-amino-alcohol motifs (C(OH)–C–C–N with tert-alkyl or cyclic N) is 1. The number of nitrogens with zero attached hydrogens (tertiary/aromatic N) is 3. The molecule has 0 bridgehead atoms. The molecule has 2 aliphatic rings. The van der Waals surface area contributed by atoms with Gasteiger partial charge in [0.15, 0.2) is 0 Å². The number of hydrogen-bond acceptors (Lipinski definition) is 5. The number of ether oxygens (including phenoxy) is 1. The molecule has 1 N–H and O–H groups in total. The van der Waals surface area contributed by atoms with E-state index in [0.717, 1.165) is 65.3 Å². The molecule has 1 unspecified atom stereocenters. The number of morpholine rings is 1. The highest BCUT2D eigenvalue weighted by Crippen LogP contribution is 2.21. The number of likely N-dealkylation sites (tertiary alicyclic amines) is 1. The van der Waals surface area contributed by atoms with Crippen LogP contribution in [0.5, 0.6) is 0 Å². The molecule has 0 spiro atoms. The van der Waals surface area contributed by atoms with Crippen LogP contribution in [0.15, 0.2) is 30.3 Å². The zero-order valence-corrected chi connectivity index (χ0v) is 14.8. The fourth-order valence-corrected chi connectivity index (χ4v) is 3.80. The second kappa shape index (κ2) is 8.81. The highest BCUT2D eigenvalue weighted by atomic mass is 16.5. The molecule has 0 amide bonds. The second-order valence-corrected chi connectivity index (χ2v) is 7.05. The maximum absolute atomic E-state index is 10.4. The minimum Gasteiger partial charge on any atom is -0.390 e. The van der Waals surface area contributed by atoms with Gasteiger partial charge in [0.1, 0.15) is 0 Å². The smallest absolute Gasteiger partial charge is 0.0793 e. The standard InChI is InChI=1S/C19H31N3O2/c1-20(17-5-3-2-4-6-17)18-7-9-21(10-8-18)15-19(23)16-22-11-13-24-14-12-22/h2-6,18-19,23H,7-16H2,1H3. The molecule has 3 rings (SSSR count). The van der Waals surface area contributed by atoms with Crippen LogP contribution in [-0.4, -0.2) is 86.6 Å². The maximum Gasteiger partial charge on any atom is 0.0793 e. The van der Waals surface area contributed by atoms with Gasteiger partial charge in [0, 0.05) is 58.0 Å². The molecule has 2 aliphatic heterocycles. The number of para-hydroxylation sites is 1. The van der Waals surface area contributed by atoms with E-state index in [1.807, 2.05) is 0 Å². The quantitative estimate of drug-likeness (QED) is 0.849. The van der Waals surface area contributed by atoms with Crippen LogP contribution in [0.3, 0.4) is 0 Å². The summed E-state index contributed by atoms with van der Waals surface area (Å²) in [6.45, 7) is 7.19. The number of piperidine rings is 1. The van der Waals surface area contributed by atoms with Gasteiger partial charge in [0.2, 0.25) is 0 Å². The van der Waals surface area contributed by atoms with E-state index in [2.05, 4.69) is 52.1 Å². The number of rotatable bonds is 6. The van der Waals surface area contributed by atoms with Crippen molar-refractivity contribution in [1.29, 1.82) is 0 Å². The van der Waals surface area contributed by atoms with Gasteiger partial charge in [-0.05, 0) is 25.0 Å². The third-order valence-electron chi connectivity index (χ3n) is 5.31. The summed E-state index contributed by atoms with van der Waals surface area (Å²) in [5.74, 6) is 0. The lowest BCUT2D eigenvalue weighted by Gasteiger charge is -2.39. The average molecular weight is 333 g/mol. The van der Waals surface area contributed by atoms with Gasteiger partial charge < -0.3 is 19.6 Å². The summed E-state index contributed by atoms with van der Waals surface area (Å²) in [7, 11) is 2.20. The molecule has 1 atom stereocenters. The van der Waals surface area contributed by atoms with Gasteiger partial charge in [0.25, 0.3) is 0 Å². The van der Waals surface area contributed by atoms with E-state index >= 15 is 0 Å². The molecule has 2 heterocycles. The second-order valence-electron chi connectivity index (χ2n) is 7.05. The van der Waals surface area contributed by atoms with E-state index in [9.17, 15) is 5.11 Å². The minimum absolute atomic E-state index is 0.258. The Morgan fingerprint density at radius 3 is 2.25 bits per heavy atom. The minimum atomic E-state index is -0.258. The first-order chi connectivity index (χ1) is 11.7. The summed E-state index contributed by atoms with van der Waals surface area (Å²) in [4.78, 5) is 7.13. The summed E-state index contributed by atoms with van der Waals surface area (Å²) < 4.78 is 5.36. The Balaban J connectivity index is 1.40. The summed E-state index contributed by atoms with van der Waals surface area (Å²) in [5, 5.41) is 10.4. The van der Waals surface area contributed by atoms with Crippen LogP contribution in [-0.2, 0) is 4.74 Å². The highest BCUT2D eigenvalue weighted by molar-refractivity contribution is 5.46. The predicted molar refractivity (Wildman–Crippen MR) is 97.6 cm³/mol. The van der Waals surface area contributed by atoms with Crippen LogP contribution in [0.4, 0.5) is 5.69 Å². The first-order valence-corrected chi connectivity index (χ1v) is 9.21. The fraction of sp³-hybridized carbons (Fsp3) is 0.684. The van der Waals surface area contributed by atoms with Crippen molar-refractivity contribution in [3.05, 3.63) is 30.3 Å². The first kappa shape index (κ1) is 17.7. The Bertz CT molecular complexity index is 471. The van der Waals surface area contributed by atoms with Gasteiger partial charge in [-0.25, -0.2) is 0 Å². The summed E-state index contributed by atoms with van der Waals surface area (Å²) in [5.41, 5.74) is 1.29. The van der Waals surface area contributed by atoms with E-state index in [1.165, 1.54) is 5.69 Å². The molecule has 2 fully saturated rings. The van der Waals surface area contributed by atoms with Crippen LogP contribution in [0.25, 0.3) is 0 Å². The molecule has 24 heavy (non-hydrogen) atoms. The van der Waals surface area contributed by atoms with Crippen molar-refractivity contribution in [3.63, 3.8) is 0 Å². The van der Waals surface area contributed by atoms with E-state index in [-0.39, 0.29) is 6.10 Å². The van der Waals surface area contributed by atoms with Gasteiger partial charge in [-0.2, -0.15) is 0 Å². The van der Waals surface area contributed by atoms with Crippen LogP contribution in [0, 0.1) is 0 Å². The van der Waals surface area contributed by atoms with Crippen molar-refractivity contribution in [2.24, 2.45) is 0 Å². The topological polar surface area (TPSA) is 39.2 Å². The zero-order valence-electron chi connectivity index (χ0n) is 14.8. The highest BCUT2D eigenvalue weighted by Gasteiger charge is 2.24. The Kier molecular flexibility index (Phi) is 6.49. The van der Waals surface area contributed by atoms with E-state index < -0.39 is 0 Å². The molecule has 0 radical (unpaired) electrons. The van der Waals surface area contributed by atoms with Crippen LogP contribution >= 0.6 is 0 Å². The Morgan fingerprint density at radius 2 is 1.62 bits per heavy atom. The average Bonchev–Trinajstić information content (AvgIpc) is 2.63. The Labute approximate surface area is 145 Å². The maximum atomic E-state index is 10.4. The van der Waals surface area contributed by atoms with E-state index in [1.54, 1.807) is 0 Å². The van der Waals surface area contributed by atoms with Crippen molar-refractivity contribution < 1.29 is 9.84 Å². The third-order valence-corrected chi connectivity index (χ3v) is 5.31. The summed E-state index contributed by atoms with van der Waals surface area (Å²) >= 11 is 0. The van der Waals surface area contributed by atoms with Gasteiger partial charge in [-0.15, -0.1) is 0 Å². The van der Waals surface area contributed by atoms with E-state index in [0.29, 0.717) is 6.04 Å². The van der Waals surface area contributed by atoms with Crippen molar-refractivity contribution >= 4 is 5.69 Å². The molecule has 0 aliphatic carbocycles. The first-order valence-electron chi connectivity index (χ1n) is 9.21. The number of aliphatic hydroxyl groups excluding tert-OH is 1. The Morgan fingerprint density at radius 1 is 1.04 bits per heavy atom. The summed E-state index contributed by atoms with van der Waals surface area (Å²) in [6.07, 6.45) is 2.07. The van der Waals surface area contributed by atoms with Crippen molar-refractivity contribution in [2.75, 3.05) is 64.4 Å².